The van der Waals surface area contributed by atoms with Crippen LogP contribution in [0.15, 0.2) is 109 Å². The van der Waals surface area contributed by atoms with Crippen molar-refractivity contribution in [1.82, 2.24) is 14.9 Å². The second kappa shape index (κ2) is 18.3. The van der Waals surface area contributed by atoms with Crippen LogP contribution in [0.5, 0.6) is 11.5 Å². The minimum absolute atomic E-state index is 0.0134. The maximum Gasteiger partial charge on any atom is 0.302 e. The van der Waals surface area contributed by atoms with E-state index in [1.54, 1.807) is 19.1 Å². The molecule has 0 radical (unpaired) electrons. The predicted octanol–water partition coefficient (Wildman–Crippen LogP) is 9.99. The number of esters is 1. The van der Waals surface area contributed by atoms with Crippen LogP contribution in [-0.2, 0) is 32.0 Å². The maximum atomic E-state index is 14.5. The first-order valence-corrected chi connectivity index (χ1v) is 22.6. The molecule has 0 saturated heterocycles. The number of ketones is 2. The van der Waals surface area contributed by atoms with E-state index in [1.165, 1.54) is 50.0 Å². The zero-order valence-corrected chi connectivity index (χ0v) is 36.8. The van der Waals surface area contributed by atoms with E-state index in [-0.39, 0.29) is 46.9 Å². The van der Waals surface area contributed by atoms with Gasteiger partial charge in [-0.2, -0.15) is 0 Å². The Balaban J connectivity index is 1.29. The number of rotatable bonds is 6. The molecule has 4 bridgehead atoms. The summed E-state index contributed by atoms with van der Waals surface area (Å²) in [5, 5.41) is 16.3. The van der Waals surface area contributed by atoms with E-state index in [4.69, 9.17) is 9.47 Å². The first-order valence-electron chi connectivity index (χ1n) is 22.6. The predicted molar refractivity (Wildman–Crippen MR) is 244 cm³/mol. The number of methoxy groups -OCH3 is 1. The third kappa shape index (κ3) is 9.06. The van der Waals surface area contributed by atoms with Gasteiger partial charge in [-0.05, 0) is 109 Å². The number of anilines is 1. The molecule has 326 valence electrons. The molecule has 1 saturated carbocycles. The second-order valence-electron chi connectivity index (χ2n) is 18.3. The number of nitrogens with zero attached hydrogens (tertiary/aromatic N) is 2. The number of nitrogens with one attached hydrogen (secondary N) is 2. The number of allylic oxidation sites excluding steroid dienone is 6. The normalized spacial score (nSPS) is 24.2. The monoisotopic (exact) mass is 838 g/mol. The number of hydrogen-bond donors (Lipinski definition) is 3. The van der Waals surface area contributed by atoms with Gasteiger partial charge in [0.15, 0.2) is 11.5 Å². The van der Waals surface area contributed by atoms with Crippen molar-refractivity contribution in [2.45, 2.75) is 110 Å². The fourth-order valence-electron chi connectivity index (χ4n) is 10.7. The number of aromatic amines is 1. The number of H-pyrrole nitrogens is 1. The van der Waals surface area contributed by atoms with Crippen LogP contribution in [0.4, 0.5) is 5.69 Å². The van der Waals surface area contributed by atoms with E-state index in [2.05, 4.69) is 106 Å². The summed E-state index contributed by atoms with van der Waals surface area (Å²) in [6, 6.07) is 11.0. The summed E-state index contributed by atoms with van der Waals surface area (Å²) < 4.78 is 13.6. The van der Waals surface area contributed by atoms with E-state index in [0.29, 0.717) is 31.7 Å². The molecule has 4 aromatic rings. The number of phenolic OH excluding ortho intramolecular Hbond substituents is 1. The van der Waals surface area contributed by atoms with E-state index in [0.717, 1.165) is 59.9 Å². The summed E-state index contributed by atoms with van der Waals surface area (Å²) in [4.78, 5) is 45.6. The van der Waals surface area contributed by atoms with E-state index < -0.39 is 18.1 Å². The molecular weight excluding hydrogens is 777 g/mol. The average molecular weight is 839 g/mol. The van der Waals surface area contributed by atoms with Gasteiger partial charge < -0.3 is 34.3 Å². The van der Waals surface area contributed by atoms with Gasteiger partial charge in [-0.25, -0.2) is 0 Å². The SMILES string of the molecule is COc1cc(C2CC(=O)CC(OC(C)=O)CCC3(C=CC=CC3C)Cc3c[nH]cc3CC3(CCCCC3)C3=CCNC(=C3)N(CCC(C)=O)c3cccc4cn2cc34)ccc1O. The Morgan fingerprint density at radius 2 is 1.77 bits per heavy atom. The average Bonchev–Trinajstić information content (AvgIpc) is 3.90. The minimum Gasteiger partial charge on any atom is -0.504 e. The van der Waals surface area contributed by atoms with Gasteiger partial charge in [-0.1, -0.05) is 74.8 Å². The highest BCUT2D eigenvalue weighted by molar-refractivity contribution is 5.95. The van der Waals surface area contributed by atoms with Crippen LogP contribution in [0, 0.1) is 16.7 Å². The van der Waals surface area contributed by atoms with Gasteiger partial charge in [-0.15, -0.1) is 0 Å². The second-order valence-corrected chi connectivity index (χ2v) is 18.3. The van der Waals surface area contributed by atoms with Crippen LogP contribution < -0.4 is 15.0 Å². The Bertz CT molecular complexity index is 2430. The van der Waals surface area contributed by atoms with Crippen molar-refractivity contribution in [3.8, 4) is 11.5 Å². The lowest BCUT2D eigenvalue weighted by Gasteiger charge is -2.42. The summed E-state index contributed by atoms with van der Waals surface area (Å²) in [5.41, 5.74) is 5.46. The van der Waals surface area contributed by atoms with Crippen molar-refractivity contribution in [3.63, 3.8) is 0 Å². The fraction of sp³-hybridized carbons (Fsp3) is 0.442. The number of carbonyl (C=O) groups excluding carboxylic acids is 3. The number of benzene rings is 2. The Morgan fingerprint density at radius 1 is 0.968 bits per heavy atom. The lowest BCUT2D eigenvalue weighted by molar-refractivity contribution is -0.148. The Labute approximate surface area is 365 Å². The Hall–Kier alpha value is -5.77. The molecule has 3 N–H and O–H groups in total. The topological polar surface area (TPSA) is 126 Å². The number of carbonyl (C=O) groups is 3. The summed E-state index contributed by atoms with van der Waals surface area (Å²) in [5.74, 6) is 1.21. The van der Waals surface area contributed by atoms with Gasteiger partial charge in [0.2, 0.25) is 0 Å². The molecule has 4 heterocycles. The zero-order chi connectivity index (χ0) is 43.4. The van der Waals surface area contributed by atoms with Gasteiger partial charge in [0.1, 0.15) is 23.5 Å². The molecule has 2 aliphatic heterocycles. The van der Waals surface area contributed by atoms with Crippen LogP contribution in [0.3, 0.4) is 0 Å². The molecule has 1 fully saturated rings. The lowest BCUT2D eigenvalue weighted by atomic mass is 9.63. The van der Waals surface area contributed by atoms with Crippen molar-refractivity contribution in [2.75, 3.05) is 25.1 Å². The number of dihydropyridines is 1. The highest BCUT2D eigenvalue weighted by Crippen LogP contribution is 2.49. The Morgan fingerprint density at radius 3 is 2.53 bits per heavy atom. The first kappa shape index (κ1) is 42.9. The van der Waals surface area contributed by atoms with Crippen molar-refractivity contribution < 1.29 is 29.0 Å². The summed E-state index contributed by atoms with van der Waals surface area (Å²) in [6.07, 6.45) is 31.0. The van der Waals surface area contributed by atoms with Crippen molar-refractivity contribution in [3.05, 3.63) is 126 Å². The fourth-order valence-corrected chi connectivity index (χ4v) is 10.7. The number of hydrogen-bond acceptors (Lipinski definition) is 8. The molecule has 8 rings (SSSR count). The number of aromatic nitrogens is 2. The molecule has 10 heteroatoms. The molecule has 10 nitrogen and oxygen atoms in total. The summed E-state index contributed by atoms with van der Waals surface area (Å²) in [7, 11) is 1.52. The maximum absolute atomic E-state index is 14.5. The molecule has 4 aliphatic rings. The molecule has 62 heavy (non-hydrogen) atoms. The Kier molecular flexibility index (Phi) is 12.7. The molecular formula is C52H62N4O6. The van der Waals surface area contributed by atoms with Gasteiger partial charge in [-0.3, -0.25) is 14.4 Å². The zero-order valence-electron chi connectivity index (χ0n) is 36.8. The van der Waals surface area contributed by atoms with Crippen LogP contribution in [0.2, 0.25) is 0 Å². The summed E-state index contributed by atoms with van der Waals surface area (Å²) in [6.45, 7) is 6.52. The highest BCUT2D eigenvalue weighted by Gasteiger charge is 2.40. The van der Waals surface area contributed by atoms with Crippen LogP contribution >= 0.6 is 0 Å². The van der Waals surface area contributed by atoms with Crippen molar-refractivity contribution in [1.29, 1.82) is 0 Å². The van der Waals surface area contributed by atoms with Crippen molar-refractivity contribution >= 4 is 34.0 Å². The van der Waals surface area contributed by atoms with Gasteiger partial charge in [0.05, 0.1) is 18.8 Å². The quantitative estimate of drug-likeness (QED) is 0.164. The van der Waals surface area contributed by atoms with Crippen LogP contribution in [0.1, 0.15) is 108 Å². The molecule has 4 atom stereocenters. The number of phenols is 1. The molecule has 0 amide bonds. The molecule has 2 aromatic heterocycles. The number of fused-ring (bicyclic) bond motifs is 4. The van der Waals surface area contributed by atoms with Gasteiger partial charge in [0, 0.05) is 74.8 Å². The van der Waals surface area contributed by atoms with Crippen LogP contribution in [0.25, 0.3) is 10.8 Å². The molecule has 2 aliphatic carbocycles. The molecule has 2 aromatic carbocycles. The van der Waals surface area contributed by atoms with Gasteiger partial charge >= 0.3 is 5.97 Å². The first-order chi connectivity index (χ1) is 30.0. The lowest BCUT2D eigenvalue weighted by Crippen LogP contribution is -2.38. The number of aromatic hydroxyl groups is 1. The minimum atomic E-state index is -0.597. The van der Waals surface area contributed by atoms with E-state index >= 15 is 0 Å². The van der Waals surface area contributed by atoms with E-state index in [1.807, 2.05) is 6.07 Å². The third-order valence-electron chi connectivity index (χ3n) is 14.2. The smallest absolute Gasteiger partial charge is 0.302 e. The van der Waals surface area contributed by atoms with Crippen molar-refractivity contribution in [2.24, 2.45) is 16.7 Å². The largest absolute Gasteiger partial charge is 0.504 e. The van der Waals surface area contributed by atoms with E-state index in [9.17, 15) is 19.5 Å². The van der Waals surface area contributed by atoms with Gasteiger partial charge in [0.25, 0.3) is 0 Å². The third-order valence-corrected chi connectivity index (χ3v) is 14.2. The highest BCUT2D eigenvalue weighted by atomic mass is 16.5. The molecule has 2 spiro atoms. The summed E-state index contributed by atoms with van der Waals surface area (Å²) >= 11 is 0. The number of ether oxygens (including phenoxy) is 2. The standard InChI is InChI=1S/C52H62N4O6/c1-35-11-6-9-19-51(35)22-16-44(62-37(3)58)27-43(59)28-47(38-14-15-48(60)49(25-38)61-4)55-33-39-12-10-13-46(45(39)34-55)56(24-18-36(2)57)50-26-42(17-23-54-50)52(20-7-5-8-21-52)30-41-32-53-31-40(41)29-51/h6,9-15,17,19,25-26,31-35,44,47,53-54,60H,5,7-8,16,18,20-24,27-30H2,1-4H3. The molecule has 4 unspecified atom stereocenters. The van der Waals surface area contributed by atoms with Crippen LogP contribution in [-0.4, -0.2) is 58.5 Å². The number of Topliss-reactive ketones (excluding diaryl/α,β-unsaturated/α-hetero) is 2.